The van der Waals surface area contributed by atoms with Crippen LogP contribution in [0, 0.1) is 5.21 Å². The minimum absolute atomic E-state index is 0.120. The summed E-state index contributed by atoms with van der Waals surface area (Å²) in [5.41, 5.74) is 0.987. The van der Waals surface area contributed by atoms with Crippen molar-refractivity contribution in [2.75, 3.05) is 0 Å². The molecule has 0 aliphatic rings. The highest BCUT2D eigenvalue weighted by molar-refractivity contribution is 6.99. The molecule has 3 aromatic rings. The van der Waals surface area contributed by atoms with Crippen molar-refractivity contribution in [2.24, 2.45) is 0 Å². The fourth-order valence-corrected chi connectivity index (χ4v) is 8.68. The van der Waals surface area contributed by atoms with Crippen LogP contribution in [-0.4, -0.2) is 25.4 Å². The van der Waals surface area contributed by atoms with Gasteiger partial charge in [-0.2, -0.15) is 0 Å². The summed E-state index contributed by atoms with van der Waals surface area (Å²) < 4.78 is 7.91. The summed E-state index contributed by atoms with van der Waals surface area (Å²) in [7, 11) is -2.67. The molecule has 4 heteroatoms. The van der Waals surface area contributed by atoms with Crippen LogP contribution in [0.2, 0.25) is 5.04 Å². The van der Waals surface area contributed by atoms with Crippen LogP contribution in [0.4, 0.5) is 0 Å². The molecule has 0 saturated heterocycles. The van der Waals surface area contributed by atoms with Gasteiger partial charge in [0, 0.05) is 5.56 Å². The van der Waals surface area contributed by atoms with E-state index in [9.17, 15) is 5.21 Å². The molecule has 0 aromatic heterocycles. The molecular formula is C26H31NO2Si. The van der Waals surface area contributed by atoms with Crippen molar-refractivity contribution in [2.45, 2.75) is 45.4 Å². The van der Waals surface area contributed by atoms with E-state index in [2.05, 4.69) is 69.3 Å². The number of rotatable bonds is 7. The second-order valence-electron chi connectivity index (χ2n) is 8.70. The molecule has 0 aliphatic carbocycles. The molecule has 0 fully saturated rings. The number of hydrogen-bond donors (Lipinski definition) is 0. The smallest absolute Gasteiger partial charge is 0.262 e. The van der Waals surface area contributed by atoms with Crippen LogP contribution in [0.5, 0.6) is 0 Å². The van der Waals surface area contributed by atoms with E-state index in [4.69, 9.17) is 4.43 Å². The molecule has 0 bridgehead atoms. The van der Waals surface area contributed by atoms with E-state index >= 15 is 0 Å². The largest absolute Gasteiger partial charge is 0.624 e. The zero-order valence-electron chi connectivity index (χ0n) is 18.3. The number of nitrogens with zero attached hydrogens (tertiary/aromatic N) is 1. The van der Waals surface area contributed by atoms with Gasteiger partial charge >= 0.3 is 0 Å². The highest BCUT2D eigenvalue weighted by Gasteiger charge is 2.51. The van der Waals surface area contributed by atoms with Crippen LogP contribution in [0.3, 0.4) is 0 Å². The first kappa shape index (κ1) is 22.0. The monoisotopic (exact) mass is 417 g/mol. The number of hydroxylamine groups is 1. The predicted molar refractivity (Wildman–Crippen MR) is 128 cm³/mol. The SMILES string of the molecule is C[C@@H](/C=[N+](\[O-])Cc1ccccc1)O[Si](c1ccccc1)(c1ccccc1)C(C)(C)C. The lowest BCUT2D eigenvalue weighted by Gasteiger charge is -2.43. The summed E-state index contributed by atoms with van der Waals surface area (Å²) in [4.78, 5) is 0. The molecule has 3 rings (SSSR count). The predicted octanol–water partition coefficient (Wildman–Crippen LogP) is 4.73. The Morgan fingerprint density at radius 3 is 1.70 bits per heavy atom. The third kappa shape index (κ3) is 4.89. The highest BCUT2D eigenvalue weighted by Crippen LogP contribution is 2.37. The second-order valence-corrected chi connectivity index (χ2v) is 12.9. The standard InChI is InChI=1S/C26H31NO2Si/c1-22(20-27(28)21-23-14-8-5-9-15-23)29-30(26(2,3)4,24-16-10-6-11-17-24)25-18-12-7-13-19-25/h5-20,22H,21H2,1-4H3/b27-20-/t22-/m0/s1. The van der Waals surface area contributed by atoms with E-state index in [1.54, 1.807) is 6.21 Å². The Hall–Kier alpha value is -2.69. The lowest BCUT2D eigenvalue weighted by Crippen LogP contribution is -2.67. The van der Waals surface area contributed by atoms with E-state index in [-0.39, 0.29) is 11.1 Å². The molecular weight excluding hydrogens is 386 g/mol. The molecule has 0 radical (unpaired) electrons. The van der Waals surface area contributed by atoms with Gasteiger partial charge in [0.2, 0.25) is 0 Å². The Morgan fingerprint density at radius 2 is 1.27 bits per heavy atom. The van der Waals surface area contributed by atoms with Crippen molar-refractivity contribution < 1.29 is 9.16 Å². The first-order valence-electron chi connectivity index (χ1n) is 10.4. The normalized spacial score (nSPS) is 13.8. The maximum atomic E-state index is 12.6. The van der Waals surface area contributed by atoms with Gasteiger partial charge in [0.25, 0.3) is 8.32 Å². The first-order valence-corrected chi connectivity index (χ1v) is 12.4. The van der Waals surface area contributed by atoms with Crippen molar-refractivity contribution in [3.63, 3.8) is 0 Å². The van der Waals surface area contributed by atoms with E-state index in [0.29, 0.717) is 6.54 Å². The zero-order valence-corrected chi connectivity index (χ0v) is 19.3. The third-order valence-corrected chi connectivity index (χ3v) is 10.5. The van der Waals surface area contributed by atoms with Crippen molar-refractivity contribution in [1.82, 2.24) is 0 Å². The Kier molecular flexibility index (Phi) is 6.90. The quantitative estimate of drug-likeness (QED) is 0.183. The zero-order chi connectivity index (χ0) is 21.6. The van der Waals surface area contributed by atoms with Gasteiger partial charge in [0.1, 0.15) is 6.10 Å². The van der Waals surface area contributed by atoms with Gasteiger partial charge in [-0.1, -0.05) is 112 Å². The van der Waals surface area contributed by atoms with Gasteiger partial charge in [-0.15, -0.1) is 0 Å². The van der Waals surface area contributed by atoms with Crippen molar-refractivity contribution in [1.29, 1.82) is 0 Å². The maximum Gasteiger partial charge on any atom is 0.262 e. The van der Waals surface area contributed by atoms with Gasteiger partial charge in [-0.25, -0.2) is 4.74 Å². The second kappa shape index (κ2) is 9.41. The topological polar surface area (TPSA) is 35.3 Å². The van der Waals surface area contributed by atoms with Crippen molar-refractivity contribution in [3.05, 3.63) is 102 Å². The van der Waals surface area contributed by atoms with Crippen LogP contribution in [0.15, 0.2) is 91.0 Å². The summed E-state index contributed by atoms with van der Waals surface area (Å²) >= 11 is 0. The van der Waals surface area contributed by atoms with E-state index in [0.717, 1.165) is 10.3 Å². The van der Waals surface area contributed by atoms with E-state index < -0.39 is 8.32 Å². The molecule has 1 atom stereocenters. The van der Waals surface area contributed by atoms with Crippen LogP contribution < -0.4 is 10.4 Å². The molecule has 0 unspecified atom stereocenters. The van der Waals surface area contributed by atoms with E-state index in [1.165, 1.54) is 10.4 Å². The van der Waals surface area contributed by atoms with Crippen LogP contribution in [0.1, 0.15) is 33.3 Å². The average molecular weight is 418 g/mol. The van der Waals surface area contributed by atoms with Crippen molar-refractivity contribution >= 4 is 24.9 Å². The molecule has 0 heterocycles. The van der Waals surface area contributed by atoms with Crippen LogP contribution >= 0.6 is 0 Å². The Labute approximate surface area is 181 Å². The Balaban J connectivity index is 1.99. The van der Waals surface area contributed by atoms with Gasteiger partial charge in [0.05, 0.1) is 0 Å². The minimum atomic E-state index is -2.67. The van der Waals surface area contributed by atoms with Gasteiger partial charge in [-0.3, -0.25) is 0 Å². The Bertz CT molecular complexity index is 911. The summed E-state index contributed by atoms with van der Waals surface area (Å²) in [6.07, 6.45) is 1.34. The average Bonchev–Trinajstić information content (AvgIpc) is 2.73. The summed E-state index contributed by atoms with van der Waals surface area (Å²) in [6.45, 7) is 9.01. The van der Waals surface area contributed by atoms with Gasteiger partial charge in [-0.05, 0) is 22.3 Å². The molecule has 0 N–H and O–H groups in total. The summed E-state index contributed by atoms with van der Waals surface area (Å²) in [6, 6.07) is 30.8. The molecule has 0 amide bonds. The summed E-state index contributed by atoms with van der Waals surface area (Å²) in [5, 5.41) is 14.9. The Morgan fingerprint density at radius 1 is 0.833 bits per heavy atom. The van der Waals surface area contributed by atoms with Crippen molar-refractivity contribution in [3.8, 4) is 0 Å². The summed E-state index contributed by atoms with van der Waals surface area (Å²) in [5.74, 6) is 0. The van der Waals surface area contributed by atoms with Gasteiger partial charge < -0.3 is 9.63 Å². The lowest BCUT2D eigenvalue weighted by atomic mass is 10.2. The fourth-order valence-electron chi connectivity index (χ4n) is 4.05. The molecule has 3 aromatic carbocycles. The molecule has 30 heavy (non-hydrogen) atoms. The highest BCUT2D eigenvalue weighted by atomic mass is 28.4. The van der Waals surface area contributed by atoms with Crippen LogP contribution in [0.25, 0.3) is 0 Å². The van der Waals surface area contributed by atoms with Gasteiger partial charge in [0.15, 0.2) is 12.8 Å². The molecule has 156 valence electrons. The number of hydrogen-bond acceptors (Lipinski definition) is 2. The lowest BCUT2D eigenvalue weighted by molar-refractivity contribution is -0.472. The van der Waals surface area contributed by atoms with E-state index in [1.807, 2.05) is 49.4 Å². The molecule has 0 spiro atoms. The molecule has 0 saturated carbocycles. The first-order chi connectivity index (χ1) is 14.3. The number of benzene rings is 3. The molecule has 0 aliphatic heterocycles. The molecule has 3 nitrogen and oxygen atoms in total. The third-order valence-electron chi connectivity index (χ3n) is 5.34. The maximum absolute atomic E-state index is 12.6. The minimum Gasteiger partial charge on any atom is -0.624 e. The van der Waals surface area contributed by atoms with Crippen LogP contribution in [-0.2, 0) is 11.0 Å². The fraction of sp³-hybridized carbons (Fsp3) is 0.269.